The fourth-order valence-electron chi connectivity index (χ4n) is 1.67. The molecule has 0 fully saturated rings. The van der Waals surface area contributed by atoms with Crippen LogP contribution in [0.4, 0.5) is 0 Å². The first kappa shape index (κ1) is 16.7. The second kappa shape index (κ2) is 8.01. The van der Waals surface area contributed by atoms with E-state index in [0.29, 0.717) is 18.7 Å². The first-order valence-corrected chi connectivity index (χ1v) is 7.02. The maximum absolute atomic E-state index is 12.3. The highest BCUT2D eigenvalue weighted by molar-refractivity contribution is 9.10. The van der Waals surface area contributed by atoms with Gasteiger partial charge in [-0.2, -0.15) is 0 Å². The summed E-state index contributed by atoms with van der Waals surface area (Å²) in [4.78, 5) is 25.3. The van der Waals surface area contributed by atoms with Crippen molar-refractivity contribution in [2.75, 3.05) is 33.9 Å². The standard InChI is InChI=1S/C14H19BrN2O3/c1-10-4-5-11(15)8-12(10)14(19)17(2)9-13(18)16-6-7-20-3/h4-5,8H,6-7,9H2,1-3H3,(H,16,18). The van der Waals surface area contributed by atoms with E-state index in [4.69, 9.17) is 4.74 Å². The number of halogens is 1. The molecular formula is C14H19BrN2O3. The molecule has 0 unspecified atom stereocenters. The molecule has 0 atom stereocenters. The number of carbonyl (C=O) groups excluding carboxylic acids is 2. The van der Waals surface area contributed by atoms with Gasteiger partial charge in [-0.05, 0) is 24.6 Å². The van der Waals surface area contributed by atoms with Crippen LogP contribution < -0.4 is 5.32 Å². The number of methoxy groups -OCH3 is 1. The Morgan fingerprint density at radius 2 is 2.10 bits per heavy atom. The largest absolute Gasteiger partial charge is 0.383 e. The number of likely N-dealkylation sites (N-methyl/N-ethyl adjacent to an activating group) is 1. The fraction of sp³-hybridized carbons (Fsp3) is 0.429. The van der Waals surface area contributed by atoms with Gasteiger partial charge in [0.2, 0.25) is 5.91 Å². The lowest BCUT2D eigenvalue weighted by atomic mass is 10.1. The van der Waals surface area contributed by atoms with E-state index in [0.717, 1.165) is 10.0 Å². The molecule has 0 aliphatic heterocycles. The molecule has 0 spiro atoms. The number of amides is 2. The molecule has 0 aliphatic carbocycles. The van der Waals surface area contributed by atoms with Crippen molar-refractivity contribution in [3.63, 3.8) is 0 Å². The average Bonchev–Trinajstić information content (AvgIpc) is 2.41. The number of nitrogens with one attached hydrogen (secondary N) is 1. The van der Waals surface area contributed by atoms with Gasteiger partial charge in [-0.3, -0.25) is 9.59 Å². The quantitative estimate of drug-likeness (QED) is 0.798. The van der Waals surface area contributed by atoms with Crippen LogP contribution in [0, 0.1) is 6.92 Å². The van der Waals surface area contributed by atoms with Crippen molar-refractivity contribution in [1.29, 1.82) is 0 Å². The van der Waals surface area contributed by atoms with E-state index in [1.54, 1.807) is 20.2 Å². The third-order valence-corrected chi connectivity index (χ3v) is 3.28. The highest BCUT2D eigenvalue weighted by Crippen LogP contribution is 2.17. The Bertz CT molecular complexity index is 491. The minimum Gasteiger partial charge on any atom is -0.383 e. The van der Waals surface area contributed by atoms with Crippen molar-refractivity contribution in [3.8, 4) is 0 Å². The third kappa shape index (κ3) is 4.94. The summed E-state index contributed by atoms with van der Waals surface area (Å²) in [7, 11) is 3.18. The summed E-state index contributed by atoms with van der Waals surface area (Å²) < 4.78 is 5.68. The van der Waals surface area contributed by atoms with E-state index < -0.39 is 0 Å². The first-order chi connectivity index (χ1) is 9.45. The summed E-state index contributed by atoms with van der Waals surface area (Å²) in [6.45, 7) is 2.78. The van der Waals surface area contributed by atoms with Crippen LogP contribution in [0.1, 0.15) is 15.9 Å². The molecule has 1 aromatic rings. The smallest absolute Gasteiger partial charge is 0.254 e. The number of nitrogens with zero attached hydrogens (tertiary/aromatic N) is 1. The number of hydrogen-bond acceptors (Lipinski definition) is 3. The number of aryl methyl sites for hydroxylation is 1. The van der Waals surface area contributed by atoms with Crippen molar-refractivity contribution in [2.24, 2.45) is 0 Å². The van der Waals surface area contributed by atoms with Gasteiger partial charge in [-0.1, -0.05) is 22.0 Å². The van der Waals surface area contributed by atoms with Crippen molar-refractivity contribution in [1.82, 2.24) is 10.2 Å². The van der Waals surface area contributed by atoms with Crippen LogP contribution in [0.3, 0.4) is 0 Å². The van der Waals surface area contributed by atoms with Gasteiger partial charge < -0.3 is 15.0 Å². The summed E-state index contributed by atoms with van der Waals surface area (Å²) in [5.74, 6) is -0.378. The molecule has 0 saturated carbocycles. The SMILES string of the molecule is COCCNC(=O)CN(C)C(=O)c1cc(Br)ccc1C. The average molecular weight is 343 g/mol. The van der Waals surface area contributed by atoms with Gasteiger partial charge in [-0.15, -0.1) is 0 Å². The van der Waals surface area contributed by atoms with Crippen molar-refractivity contribution < 1.29 is 14.3 Å². The topological polar surface area (TPSA) is 58.6 Å². The van der Waals surface area contributed by atoms with Gasteiger partial charge >= 0.3 is 0 Å². The minimum absolute atomic E-state index is 0.0223. The van der Waals surface area contributed by atoms with Crippen LogP contribution in [0.5, 0.6) is 0 Å². The summed E-state index contributed by atoms with van der Waals surface area (Å²) in [6.07, 6.45) is 0. The molecule has 110 valence electrons. The van der Waals surface area contributed by atoms with Gasteiger partial charge in [-0.25, -0.2) is 0 Å². The highest BCUT2D eigenvalue weighted by Gasteiger charge is 2.16. The van der Waals surface area contributed by atoms with E-state index in [9.17, 15) is 9.59 Å². The number of carbonyl (C=O) groups is 2. The Morgan fingerprint density at radius 3 is 2.75 bits per heavy atom. The van der Waals surface area contributed by atoms with Gasteiger partial charge in [0.15, 0.2) is 0 Å². The van der Waals surface area contributed by atoms with E-state index in [1.807, 2.05) is 19.1 Å². The molecular weight excluding hydrogens is 324 g/mol. The van der Waals surface area contributed by atoms with Crippen LogP contribution in [-0.2, 0) is 9.53 Å². The molecule has 6 heteroatoms. The predicted molar refractivity (Wildman–Crippen MR) is 80.7 cm³/mol. The zero-order valence-electron chi connectivity index (χ0n) is 11.9. The lowest BCUT2D eigenvalue weighted by molar-refractivity contribution is -0.121. The van der Waals surface area contributed by atoms with Gasteiger partial charge in [0.05, 0.1) is 13.2 Å². The van der Waals surface area contributed by atoms with Crippen molar-refractivity contribution >= 4 is 27.7 Å². The summed E-state index contributed by atoms with van der Waals surface area (Å²) in [5, 5.41) is 2.68. The second-order valence-electron chi connectivity index (χ2n) is 4.46. The Hall–Kier alpha value is -1.40. The number of benzene rings is 1. The number of hydrogen-bond donors (Lipinski definition) is 1. The number of rotatable bonds is 6. The minimum atomic E-state index is -0.203. The maximum Gasteiger partial charge on any atom is 0.254 e. The van der Waals surface area contributed by atoms with Gasteiger partial charge in [0.25, 0.3) is 5.91 Å². The van der Waals surface area contributed by atoms with E-state index in [2.05, 4.69) is 21.2 Å². The molecule has 0 radical (unpaired) electrons. The Balaban J connectivity index is 2.62. The zero-order chi connectivity index (χ0) is 15.1. The summed E-state index contributed by atoms with van der Waals surface area (Å²) in [6, 6.07) is 5.50. The molecule has 0 saturated heterocycles. The number of ether oxygens (including phenoxy) is 1. The Kier molecular flexibility index (Phi) is 6.67. The lowest BCUT2D eigenvalue weighted by Crippen LogP contribution is -2.39. The molecule has 0 bridgehead atoms. The van der Waals surface area contributed by atoms with Crippen LogP contribution in [0.15, 0.2) is 22.7 Å². The summed E-state index contributed by atoms with van der Waals surface area (Å²) >= 11 is 3.34. The predicted octanol–water partition coefficient (Wildman–Crippen LogP) is 1.59. The van der Waals surface area contributed by atoms with Crippen LogP contribution in [-0.4, -0.2) is 50.6 Å². The van der Waals surface area contributed by atoms with Crippen LogP contribution in [0.2, 0.25) is 0 Å². The first-order valence-electron chi connectivity index (χ1n) is 6.23. The molecule has 1 N–H and O–H groups in total. The monoisotopic (exact) mass is 342 g/mol. The molecule has 0 aliphatic rings. The molecule has 1 rings (SSSR count). The molecule has 20 heavy (non-hydrogen) atoms. The Morgan fingerprint density at radius 1 is 1.40 bits per heavy atom. The normalized spacial score (nSPS) is 10.2. The van der Waals surface area contributed by atoms with Crippen LogP contribution in [0.25, 0.3) is 0 Å². The van der Waals surface area contributed by atoms with Crippen molar-refractivity contribution in [2.45, 2.75) is 6.92 Å². The molecule has 1 aromatic carbocycles. The maximum atomic E-state index is 12.3. The lowest BCUT2D eigenvalue weighted by Gasteiger charge is -2.18. The summed E-state index contributed by atoms with van der Waals surface area (Å²) in [5.41, 5.74) is 1.47. The molecule has 2 amide bonds. The van der Waals surface area contributed by atoms with E-state index >= 15 is 0 Å². The molecule has 0 aromatic heterocycles. The highest BCUT2D eigenvalue weighted by atomic mass is 79.9. The molecule has 0 heterocycles. The zero-order valence-corrected chi connectivity index (χ0v) is 13.5. The Labute approximate surface area is 127 Å². The van der Waals surface area contributed by atoms with E-state index in [1.165, 1.54) is 4.90 Å². The second-order valence-corrected chi connectivity index (χ2v) is 5.38. The van der Waals surface area contributed by atoms with Crippen molar-refractivity contribution in [3.05, 3.63) is 33.8 Å². The fourth-order valence-corrected chi connectivity index (χ4v) is 2.03. The van der Waals surface area contributed by atoms with E-state index in [-0.39, 0.29) is 18.4 Å². The third-order valence-electron chi connectivity index (χ3n) is 2.79. The van der Waals surface area contributed by atoms with Crippen LogP contribution >= 0.6 is 15.9 Å². The van der Waals surface area contributed by atoms with Gasteiger partial charge in [0.1, 0.15) is 0 Å². The molecule has 5 nitrogen and oxygen atoms in total. The van der Waals surface area contributed by atoms with Gasteiger partial charge in [0, 0.05) is 30.7 Å².